The highest BCUT2D eigenvalue weighted by atomic mass is 35.5. The monoisotopic (exact) mass is 379 g/mol. The predicted molar refractivity (Wildman–Crippen MR) is 95.4 cm³/mol. The summed E-state index contributed by atoms with van der Waals surface area (Å²) in [5, 5.41) is 6.16. The molecule has 0 saturated heterocycles. The first-order chi connectivity index (χ1) is 10.9. The standard InChI is InChI=1S/C15H22ClN3O4.ClH/c1-4-18-9(2)7-19-15(21)10-5-11(16)14(12(6-10)22-3)23-8-13(17)20;/h5-6,9,18H,4,7-8H2,1-3H3,(H2,17,20)(H,19,21);1H/t9-;/m1./s1. The lowest BCUT2D eigenvalue weighted by Crippen LogP contribution is -2.38. The number of nitrogens with two attached hydrogens (primary N) is 1. The van der Waals surface area contributed by atoms with Crippen LogP contribution in [0.15, 0.2) is 12.1 Å². The molecule has 24 heavy (non-hydrogen) atoms. The van der Waals surface area contributed by atoms with Gasteiger partial charge in [-0.1, -0.05) is 18.5 Å². The molecule has 4 N–H and O–H groups in total. The molecule has 9 heteroatoms. The molecule has 0 aliphatic carbocycles. The Morgan fingerprint density at radius 2 is 2.04 bits per heavy atom. The number of hydrogen-bond acceptors (Lipinski definition) is 5. The molecule has 1 aromatic rings. The number of primary amides is 1. The van der Waals surface area contributed by atoms with E-state index in [4.69, 9.17) is 26.8 Å². The van der Waals surface area contributed by atoms with Crippen molar-refractivity contribution in [3.63, 3.8) is 0 Å². The van der Waals surface area contributed by atoms with E-state index in [1.807, 2.05) is 13.8 Å². The van der Waals surface area contributed by atoms with E-state index in [2.05, 4.69) is 10.6 Å². The fourth-order valence-electron chi connectivity index (χ4n) is 1.90. The van der Waals surface area contributed by atoms with Gasteiger partial charge in [0.1, 0.15) is 0 Å². The zero-order valence-corrected chi connectivity index (χ0v) is 15.4. The normalized spacial score (nSPS) is 11.2. The number of carbonyl (C=O) groups excluding carboxylic acids is 2. The van der Waals surface area contributed by atoms with Gasteiger partial charge in [0.05, 0.1) is 12.1 Å². The average Bonchev–Trinajstić information content (AvgIpc) is 2.50. The number of nitrogens with one attached hydrogen (secondary N) is 2. The van der Waals surface area contributed by atoms with Crippen molar-refractivity contribution in [2.45, 2.75) is 19.9 Å². The number of halogens is 2. The number of rotatable bonds is 9. The zero-order valence-electron chi connectivity index (χ0n) is 13.8. The topological polar surface area (TPSA) is 103 Å². The fourth-order valence-corrected chi connectivity index (χ4v) is 2.17. The van der Waals surface area contributed by atoms with Gasteiger partial charge in [-0.3, -0.25) is 9.59 Å². The SMILES string of the molecule is CCN[C@H](C)CNC(=O)c1cc(Cl)c(OCC(N)=O)c(OC)c1.Cl. The quantitative estimate of drug-likeness (QED) is 0.600. The van der Waals surface area contributed by atoms with Crippen LogP contribution in [-0.4, -0.2) is 44.7 Å². The predicted octanol–water partition coefficient (Wildman–Crippen LogP) is 1.36. The van der Waals surface area contributed by atoms with Gasteiger partial charge in [-0.15, -0.1) is 12.4 Å². The van der Waals surface area contributed by atoms with Gasteiger partial charge in [-0.2, -0.15) is 0 Å². The molecule has 0 aliphatic heterocycles. The molecule has 0 spiro atoms. The molecule has 136 valence electrons. The van der Waals surface area contributed by atoms with Gasteiger partial charge in [0.15, 0.2) is 18.1 Å². The van der Waals surface area contributed by atoms with Crippen LogP contribution in [0.3, 0.4) is 0 Å². The minimum Gasteiger partial charge on any atom is -0.493 e. The van der Waals surface area contributed by atoms with Crippen molar-refractivity contribution in [3.05, 3.63) is 22.7 Å². The van der Waals surface area contributed by atoms with Crippen molar-refractivity contribution in [1.82, 2.24) is 10.6 Å². The summed E-state index contributed by atoms with van der Waals surface area (Å²) in [4.78, 5) is 23.0. The molecule has 0 aromatic heterocycles. The maximum Gasteiger partial charge on any atom is 0.255 e. The molecule has 1 atom stereocenters. The van der Waals surface area contributed by atoms with E-state index in [0.29, 0.717) is 12.1 Å². The van der Waals surface area contributed by atoms with Gasteiger partial charge in [0, 0.05) is 18.2 Å². The van der Waals surface area contributed by atoms with Crippen LogP contribution in [0.2, 0.25) is 5.02 Å². The number of amides is 2. The smallest absolute Gasteiger partial charge is 0.255 e. The number of benzene rings is 1. The molecule has 0 saturated carbocycles. The second kappa shape index (κ2) is 11.0. The summed E-state index contributed by atoms with van der Waals surface area (Å²) in [5.74, 6) is -0.493. The molecule has 0 heterocycles. The average molecular weight is 380 g/mol. The highest BCUT2D eigenvalue weighted by Crippen LogP contribution is 2.36. The first-order valence-corrected chi connectivity index (χ1v) is 7.57. The molecule has 1 aromatic carbocycles. The molecule has 0 fully saturated rings. The van der Waals surface area contributed by atoms with Crippen LogP contribution >= 0.6 is 24.0 Å². The van der Waals surface area contributed by atoms with E-state index in [0.717, 1.165) is 6.54 Å². The Kier molecular flexibility index (Phi) is 10.2. The van der Waals surface area contributed by atoms with E-state index in [-0.39, 0.29) is 47.5 Å². The number of likely N-dealkylation sites (N-methyl/N-ethyl adjacent to an activating group) is 1. The van der Waals surface area contributed by atoms with Crippen molar-refractivity contribution in [2.75, 3.05) is 26.8 Å². The van der Waals surface area contributed by atoms with Crippen LogP contribution in [0, 0.1) is 0 Å². The van der Waals surface area contributed by atoms with Gasteiger partial charge < -0.3 is 25.8 Å². The Labute approximate surface area is 152 Å². The van der Waals surface area contributed by atoms with Crippen molar-refractivity contribution in [1.29, 1.82) is 0 Å². The third-order valence-corrected chi connectivity index (χ3v) is 3.25. The molecule has 1 rings (SSSR count). The van der Waals surface area contributed by atoms with Crippen molar-refractivity contribution in [2.24, 2.45) is 5.73 Å². The summed E-state index contributed by atoms with van der Waals surface area (Å²) in [5.41, 5.74) is 5.37. The minimum atomic E-state index is -0.637. The maximum absolute atomic E-state index is 12.2. The van der Waals surface area contributed by atoms with Crippen molar-refractivity contribution >= 4 is 35.8 Å². The minimum absolute atomic E-state index is 0. The fraction of sp³-hybridized carbons (Fsp3) is 0.467. The first-order valence-electron chi connectivity index (χ1n) is 7.19. The Balaban J connectivity index is 0.00000529. The van der Waals surface area contributed by atoms with Gasteiger partial charge in [-0.05, 0) is 25.6 Å². The van der Waals surface area contributed by atoms with Crippen LogP contribution in [0.1, 0.15) is 24.2 Å². The third kappa shape index (κ3) is 6.82. The van der Waals surface area contributed by atoms with Gasteiger partial charge in [0.2, 0.25) is 0 Å². The summed E-state index contributed by atoms with van der Waals surface area (Å²) < 4.78 is 10.4. The number of hydrogen-bond donors (Lipinski definition) is 3. The van der Waals surface area contributed by atoms with Crippen molar-refractivity contribution in [3.8, 4) is 11.5 Å². The van der Waals surface area contributed by atoms with Crippen LogP contribution < -0.4 is 25.8 Å². The molecular formula is C15H23Cl2N3O4. The van der Waals surface area contributed by atoms with Crippen LogP contribution in [0.25, 0.3) is 0 Å². The van der Waals surface area contributed by atoms with E-state index in [1.165, 1.54) is 19.2 Å². The Morgan fingerprint density at radius 1 is 1.38 bits per heavy atom. The summed E-state index contributed by atoms with van der Waals surface area (Å²) in [7, 11) is 1.41. The molecule has 0 unspecified atom stereocenters. The second-order valence-corrected chi connectivity index (χ2v) is 5.32. The molecule has 7 nitrogen and oxygen atoms in total. The van der Waals surface area contributed by atoms with Gasteiger partial charge in [-0.25, -0.2) is 0 Å². The molecule has 0 bridgehead atoms. The largest absolute Gasteiger partial charge is 0.493 e. The highest BCUT2D eigenvalue weighted by molar-refractivity contribution is 6.32. The zero-order chi connectivity index (χ0) is 17.4. The molecule has 2 amide bonds. The highest BCUT2D eigenvalue weighted by Gasteiger charge is 2.17. The molecular weight excluding hydrogens is 357 g/mol. The first kappa shape index (κ1) is 22.3. The van der Waals surface area contributed by atoms with E-state index in [9.17, 15) is 9.59 Å². The molecule has 0 aliphatic rings. The number of methoxy groups -OCH3 is 1. The number of ether oxygens (including phenoxy) is 2. The summed E-state index contributed by atoms with van der Waals surface area (Å²) in [6.07, 6.45) is 0. The van der Waals surface area contributed by atoms with Crippen molar-refractivity contribution < 1.29 is 19.1 Å². The van der Waals surface area contributed by atoms with E-state index in [1.54, 1.807) is 0 Å². The van der Waals surface area contributed by atoms with Gasteiger partial charge in [0.25, 0.3) is 11.8 Å². The lowest BCUT2D eigenvalue weighted by molar-refractivity contribution is -0.119. The summed E-state index contributed by atoms with van der Waals surface area (Å²) in [6.45, 7) is 4.93. The Bertz CT molecular complexity index is 570. The van der Waals surface area contributed by atoms with Gasteiger partial charge >= 0.3 is 0 Å². The van der Waals surface area contributed by atoms with E-state index >= 15 is 0 Å². The molecule has 0 radical (unpaired) electrons. The van der Waals surface area contributed by atoms with Crippen LogP contribution in [0.5, 0.6) is 11.5 Å². The summed E-state index contributed by atoms with van der Waals surface area (Å²) >= 11 is 6.10. The lowest BCUT2D eigenvalue weighted by Gasteiger charge is -2.15. The maximum atomic E-state index is 12.2. The second-order valence-electron chi connectivity index (χ2n) is 4.91. The summed E-state index contributed by atoms with van der Waals surface area (Å²) in [6, 6.07) is 3.10. The van der Waals surface area contributed by atoms with Crippen LogP contribution in [0.4, 0.5) is 0 Å². The Hall–Kier alpha value is -1.70. The Morgan fingerprint density at radius 3 is 2.58 bits per heavy atom. The lowest BCUT2D eigenvalue weighted by atomic mass is 10.1. The van der Waals surface area contributed by atoms with E-state index < -0.39 is 5.91 Å². The third-order valence-electron chi connectivity index (χ3n) is 2.97. The number of carbonyl (C=O) groups is 2. The van der Waals surface area contributed by atoms with Crippen LogP contribution in [-0.2, 0) is 4.79 Å².